The fourth-order valence-corrected chi connectivity index (χ4v) is 3.40. The van der Waals surface area contributed by atoms with Gasteiger partial charge in [0.2, 0.25) is 0 Å². The van der Waals surface area contributed by atoms with Gasteiger partial charge in [-0.3, -0.25) is 0 Å². The summed E-state index contributed by atoms with van der Waals surface area (Å²) in [5.41, 5.74) is 7.19. The fourth-order valence-electron chi connectivity index (χ4n) is 3.40. The van der Waals surface area contributed by atoms with Crippen LogP contribution in [0, 0.1) is 13.8 Å². The van der Waals surface area contributed by atoms with Crippen LogP contribution in [0.2, 0.25) is 0 Å². The van der Waals surface area contributed by atoms with E-state index in [1.165, 1.54) is 22.4 Å². The zero-order valence-corrected chi connectivity index (χ0v) is 12.8. The molecule has 1 unspecified atom stereocenters. The molecule has 3 heterocycles. The van der Waals surface area contributed by atoms with Gasteiger partial charge >= 0.3 is 0 Å². The highest BCUT2D eigenvalue weighted by atomic mass is 15.3. The van der Waals surface area contributed by atoms with Crippen LogP contribution in [-0.4, -0.2) is 26.3 Å². The molecule has 0 saturated carbocycles. The van der Waals surface area contributed by atoms with E-state index >= 15 is 0 Å². The summed E-state index contributed by atoms with van der Waals surface area (Å²) in [7, 11) is 0. The summed E-state index contributed by atoms with van der Waals surface area (Å²) >= 11 is 0. The summed E-state index contributed by atoms with van der Waals surface area (Å²) < 4.78 is 1.95. The van der Waals surface area contributed by atoms with E-state index < -0.39 is 0 Å². The quantitative estimate of drug-likeness (QED) is 0.763. The molecule has 1 aliphatic rings. The first-order valence-electron chi connectivity index (χ1n) is 7.60. The van der Waals surface area contributed by atoms with Crippen molar-refractivity contribution >= 4 is 0 Å². The topological polar surface area (TPSA) is 58.5 Å². The average Bonchev–Trinajstić information content (AvgIpc) is 3.17. The molecular weight excluding hydrogens is 274 g/mol. The first-order valence-corrected chi connectivity index (χ1v) is 7.60. The zero-order valence-electron chi connectivity index (χ0n) is 12.8. The third-order valence-corrected chi connectivity index (χ3v) is 4.27. The molecule has 4 rings (SSSR count). The largest absolute Gasteiger partial charge is 0.348 e. The molecule has 1 aromatic carbocycles. The molecule has 2 aromatic heterocycles. The van der Waals surface area contributed by atoms with Gasteiger partial charge in [-0.05, 0) is 25.5 Å². The summed E-state index contributed by atoms with van der Waals surface area (Å²) in [5.74, 6) is 0. The number of nitrogens with zero attached hydrogens (tertiary/aromatic N) is 3. The number of hydrogen-bond donors (Lipinski definition) is 2. The Hall–Kier alpha value is -2.40. The molecule has 0 spiro atoms. The summed E-state index contributed by atoms with van der Waals surface area (Å²) in [4.78, 5) is 7.82. The molecule has 5 nitrogen and oxygen atoms in total. The highest BCUT2D eigenvalue weighted by Gasteiger charge is 2.27. The minimum atomic E-state index is 0.104. The van der Waals surface area contributed by atoms with Gasteiger partial charge in [0.1, 0.15) is 0 Å². The van der Waals surface area contributed by atoms with Crippen molar-refractivity contribution in [1.29, 1.82) is 0 Å². The highest BCUT2D eigenvalue weighted by Crippen LogP contribution is 2.32. The Morgan fingerprint density at radius 1 is 1.27 bits per heavy atom. The van der Waals surface area contributed by atoms with Crippen LogP contribution in [0.4, 0.5) is 0 Å². The molecule has 0 bridgehead atoms. The van der Waals surface area contributed by atoms with Crippen molar-refractivity contribution in [2.75, 3.05) is 6.54 Å². The number of fused-ring (bicyclic) bond motifs is 1. The molecule has 0 fully saturated rings. The Kier molecular flexibility index (Phi) is 3.08. The van der Waals surface area contributed by atoms with Crippen LogP contribution in [0.25, 0.3) is 5.69 Å². The van der Waals surface area contributed by atoms with Crippen molar-refractivity contribution in [1.82, 2.24) is 25.1 Å². The number of imidazole rings is 1. The maximum absolute atomic E-state index is 4.55. The molecule has 1 aliphatic heterocycles. The lowest BCUT2D eigenvalue weighted by molar-refractivity contribution is 0.550. The minimum Gasteiger partial charge on any atom is -0.348 e. The van der Waals surface area contributed by atoms with Crippen molar-refractivity contribution in [3.8, 4) is 5.69 Å². The van der Waals surface area contributed by atoms with E-state index in [4.69, 9.17) is 0 Å². The van der Waals surface area contributed by atoms with Gasteiger partial charge in [0.25, 0.3) is 0 Å². The van der Waals surface area contributed by atoms with Gasteiger partial charge in [-0.15, -0.1) is 0 Å². The van der Waals surface area contributed by atoms with E-state index in [1.54, 1.807) is 6.33 Å². The van der Waals surface area contributed by atoms with Crippen LogP contribution >= 0.6 is 0 Å². The van der Waals surface area contributed by atoms with Gasteiger partial charge < -0.3 is 10.3 Å². The number of benzene rings is 1. The monoisotopic (exact) mass is 293 g/mol. The molecule has 22 heavy (non-hydrogen) atoms. The number of H-pyrrole nitrogens is 1. The van der Waals surface area contributed by atoms with E-state index in [1.807, 2.05) is 23.1 Å². The van der Waals surface area contributed by atoms with E-state index in [2.05, 4.69) is 46.4 Å². The van der Waals surface area contributed by atoms with Crippen molar-refractivity contribution < 1.29 is 0 Å². The van der Waals surface area contributed by atoms with Crippen LogP contribution in [0.5, 0.6) is 0 Å². The lowest BCUT2D eigenvalue weighted by Crippen LogP contribution is -2.31. The Balaban J connectivity index is 1.93. The predicted octanol–water partition coefficient (Wildman–Crippen LogP) is 2.45. The first kappa shape index (κ1) is 13.3. The Bertz CT molecular complexity index is 801. The second kappa shape index (κ2) is 5.10. The third-order valence-electron chi connectivity index (χ3n) is 4.27. The van der Waals surface area contributed by atoms with Crippen molar-refractivity contribution in [3.05, 3.63) is 65.0 Å². The maximum Gasteiger partial charge on any atom is 0.0926 e. The number of hydrogen-bond acceptors (Lipinski definition) is 3. The fraction of sp³-hybridized carbons (Fsp3) is 0.294. The van der Waals surface area contributed by atoms with Crippen molar-refractivity contribution in [3.63, 3.8) is 0 Å². The van der Waals surface area contributed by atoms with Crippen LogP contribution in [0.15, 0.2) is 36.9 Å². The van der Waals surface area contributed by atoms with Gasteiger partial charge in [-0.1, -0.05) is 17.7 Å². The van der Waals surface area contributed by atoms with E-state index in [-0.39, 0.29) is 6.04 Å². The van der Waals surface area contributed by atoms with Crippen LogP contribution in [0.1, 0.15) is 34.1 Å². The second-order valence-corrected chi connectivity index (χ2v) is 5.87. The molecule has 0 saturated heterocycles. The molecule has 5 heteroatoms. The summed E-state index contributed by atoms with van der Waals surface area (Å²) in [6.07, 6.45) is 6.60. The third kappa shape index (κ3) is 2.05. The molecule has 2 N–H and O–H groups in total. The average molecular weight is 293 g/mol. The van der Waals surface area contributed by atoms with Gasteiger partial charge in [0, 0.05) is 36.6 Å². The van der Waals surface area contributed by atoms with Gasteiger partial charge in [0.05, 0.1) is 23.8 Å². The molecule has 1 atom stereocenters. The minimum absolute atomic E-state index is 0.104. The first-order chi connectivity index (χ1) is 10.7. The number of aromatic nitrogens is 4. The van der Waals surface area contributed by atoms with Crippen LogP contribution in [0.3, 0.4) is 0 Å². The Morgan fingerprint density at radius 3 is 3.00 bits per heavy atom. The SMILES string of the molecule is Cc1cc(C)c(-n2cccn2)c(C2NCCc3[nH]cnc32)c1. The maximum atomic E-state index is 4.55. The normalized spacial score (nSPS) is 17.5. The molecule has 0 aliphatic carbocycles. The zero-order chi connectivity index (χ0) is 15.1. The van der Waals surface area contributed by atoms with Crippen molar-refractivity contribution in [2.45, 2.75) is 26.3 Å². The van der Waals surface area contributed by atoms with Gasteiger partial charge in [-0.25, -0.2) is 9.67 Å². The van der Waals surface area contributed by atoms with Crippen LogP contribution < -0.4 is 5.32 Å². The van der Waals surface area contributed by atoms with Gasteiger partial charge in [0.15, 0.2) is 0 Å². The lowest BCUT2D eigenvalue weighted by atomic mass is 9.93. The van der Waals surface area contributed by atoms with Crippen LogP contribution in [-0.2, 0) is 6.42 Å². The molecule has 0 radical (unpaired) electrons. The van der Waals surface area contributed by atoms with Gasteiger partial charge in [-0.2, -0.15) is 5.10 Å². The number of nitrogens with one attached hydrogen (secondary N) is 2. The van der Waals surface area contributed by atoms with E-state index in [9.17, 15) is 0 Å². The number of rotatable bonds is 2. The number of aryl methyl sites for hydroxylation is 2. The van der Waals surface area contributed by atoms with E-state index in [0.717, 1.165) is 24.3 Å². The second-order valence-electron chi connectivity index (χ2n) is 5.87. The Morgan fingerprint density at radius 2 is 2.18 bits per heavy atom. The predicted molar refractivity (Wildman–Crippen MR) is 85.2 cm³/mol. The summed E-state index contributed by atoms with van der Waals surface area (Å²) in [6.45, 7) is 5.23. The Labute approximate surface area is 129 Å². The highest BCUT2D eigenvalue weighted by molar-refractivity contribution is 5.53. The molecule has 112 valence electrons. The standard InChI is InChI=1S/C17H19N5/c1-11-8-12(2)17(22-7-3-5-21-22)13(9-11)15-16-14(4-6-18-15)19-10-20-16/h3,5,7-10,15,18H,4,6H2,1-2H3,(H,19,20). The smallest absolute Gasteiger partial charge is 0.0926 e. The van der Waals surface area contributed by atoms with E-state index in [0.29, 0.717) is 0 Å². The molecule has 0 amide bonds. The summed E-state index contributed by atoms with van der Waals surface area (Å²) in [5, 5.41) is 8.05. The number of aromatic amines is 1. The summed E-state index contributed by atoms with van der Waals surface area (Å²) in [6, 6.07) is 6.50. The molecule has 3 aromatic rings. The van der Waals surface area contributed by atoms with Crippen molar-refractivity contribution in [2.24, 2.45) is 0 Å². The molecular formula is C17H19N5. The lowest BCUT2D eigenvalue weighted by Gasteiger charge is -2.26.